The summed E-state index contributed by atoms with van der Waals surface area (Å²) in [5.41, 5.74) is 2.00. The number of nitrogens with zero attached hydrogens (tertiary/aromatic N) is 1. The second-order valence-electron chi connectivity index (χ2n) is 3.79. The maximum Gasteiger partial charge on any atom is 0.330 e. The van der Waals surface area contributed by atoms with Crippen LogP contribution in [-0.4, -0.2) is 25.4 Å². The second kappa shape index (κ2) is 11.7. The number of rotatable bonds is 7. The third kappa shape index (κ3) is 8.65. The molecule has 0 heterocycles. The molecule has 0 aromatic heterocycles. The van der Waals surface area contributed by atoms with Gasteiger partial charge < -0.3 is 9.57 Å². The van der Waals surface area contributed by atoms with Crippen LogP contribution >= 0.6 is 12.4 Å². The molecule has 5 heteroatoms. The summed E-state index contributed by atoms with van der Waals surface area (Å²) in [4.78, 5) is 15.9. The van der Waals surface area contributed by atoms with Crippen molar-refractivity contribution >= 4 is 30.7 Å². The highest BCUT2D eigenvalue weighted by atomic mass is 35.5. The van der Waals surface area contributed by atoms with E-state index in [0.29, 0.717) is 13.2 Å². The van der Waals surface area contributed by atoms with Crippen molar-refractivity contribution in [3.05, 3.63) is 53.6 Å². The summed E-state index contributed by atoms with van der Waals surface area (Å²) in [6, 6.07) is 7.80. The zero-order valence-corrected chi connectivity index (χ0v) is 13.0. The van der Waals surface area contributed by atoms with Crippen LogP contribution in [-0.2, 0) is 14.4 Å². The van der Waals surface area contributed by atoms with E-state index in [1.165, 1.54) is 6.08 Å². The molecule has 0 aliphatic rings. The fourth-order valence-corrected chi connectivity index (χ4v) is 1.36. The summed E-state index contributed by atoms with van der Waals surface area (Å²) in [7, 11) is 0. The van der Waals surface area contributed by atoms with Gasteiger partial charge in [0.1, 0.15) is 6.61 Å². The van der Waals surface area contributed by atoms with Crippen molar-refractivity contribution in [3.8, 4) is 0 Å². The fraction of sp³-hybridized carbons (Fsp3) is 0.250. The lowest BCUT2D eigenvalue weighted by Crippen LogP contribution is -1.98. The predicted molar refractivity (Wildman–Crippen MR) is 87.7 cm³/mol. The van der Waals surface area contributed by atoms with Crippen molar-refractivity contribution < 1.29 is 14.4 Å². The second-order valence-corrected chi connectivity index (χ2v) is 3.79. The minimum atomic E-state index is -0.334. The predicted octanol–water partition coefficient (Wildman–Crippen LogP) is 3.61. The summed E-state index contributed by atoms with van der Waals surface area (Å²) in [5, 5.41) is 3.80. The zero-order chi connectivity index (χ0) is 14.6. The molecular weight excluding hydrogens is 290 g/mol. The van der Waals surface area contributed by atoms with E-state index in [1.807, 2.05) is 37.3 Å². The Labute approximate surface area is 131 Å². The quantitative estimate of drug-likeness (QED) is 0.254. The molecule has 21 heavy (non-hydrogen) atoms. The van der Waals surface area contributed by atoms with Gasteiger partial charge in [-0.1, -0.05) is 47.6 Å². The molecule has 0 fully saturated rings. The first-order valence-corrected chi connectivity index (χ1v) is 6.53. The molecule has 1 aromatic carbocycles. The lowest BCUT2D eigenvalue weighted by Gasteiger charge is -1.95. The number of allylic oxidation sites excluding steroid dienone is 2. The van der Waals surface area contributed by atoms with Crippen molar-refractivity contribution in [3.63, 3.8) is 0 Å². The van der Waals surface area contributed by atoms with Crippen LogP contribution in [0.25, 0.3) is 6.08 Å². The Morgan fingerprint density at radius 1 is 1.10 bits per heavy atom. The molecule has 0 N–H and O–H groups in total. The average Bonchev–Trinajstić information content (AvgIpc) is 2.46. The molecule has 0 radical (unpaired) electrons. The molecule has 0 aliphatic heterocycles. The highest BCUT2D eigenvalue weighted by molar-refractivity contribution is 5.85. The van der Waals surface area contributed by atoms with Crippen LogP contribution in [0, 0.1) is 0 Å². The summed E-state index contributed by atoms with van der Waals surface area (Å²) in [6.07, 6.45) is 8.41. The molecule has 0 spiro atoms. The smallest absolute Gasteiger partial charge is 0.330 e. The first kappa shape index (κ1) is 18.9. The largest absolute Gasteiger partial charge is 0.463 e. The molecule has 0 amide bonds. The summed E-state index contributed by atoms with van der Waals surface area (Å²) in [5.74, 6) is -0.334. The van der Waals surface area contributed by atoms with Gasteiger partial charge in [-0.3, -0.25) is 0 Å². The lowest BCUT2D eigenvalue weighted by atomic mass is 10.1. The van der Waals surface area contributed by atoms with E-state index in [4.69, 9.17) is 9.57 Å². The SMILES string of the molecule is CCON=Cc1ccc(C=CC=CC(=O)OCC)cc1.Cl. The van der Waals surface area contributed by atoms with Crippen LogP contribution in [0.3, 0.4) is 0 Å². The van der Waals surface area contributed by atoms with E-state index in [-0.39, 0.29) is 18.4 Å². The van der Waals surface area contributed by atoms with Crippen LogP contribution in [0.1, 0.15) is 25.0 Å². The van der Waals surface area contributed by atoms with E-state index in [0.717, 1.165) is 11.1 Å². The molecule has 0 unspecified atom stereocenters. The highest BCUT2D eigenvalue weighted by Crippen LogP contribution is 2.05. The van der Waals surface area contributed by atoms with E-state index in [1.54, 1.807) is 25.3 Å². The maximum absolute atomic E-state index is 11.1. The summed E-state index contributed by atoms with van der Waals surface area (Å²) >= 11 is 0. The van der Waals surface area contributed by atoms with Crippen molar-refractivity contribution in [2.75, 3.05) is 13.2 Å². The van der Waals surface area contributed by atoms with Gasteiger partial charge in [0.15, 0.2) is 0 Å². The van der Waals surface area contributed by atoms with Crippen LogP contribution in [0.15, 0.2) is 47.6 Å². The topological polar surface area (TPSA) is 47.9 Å². The van der Waals surface area contributed by atoms with E-state index >= 15 is 0 Å². The Hall–Kier alpha value is -2.07. The third-order valence-electron chi connectivity index (χ3n) is 2.26. The number of benzene rings is 1. The first-order chi connectivity index (χ1) is 9.76. The van der Waals surface area contributed by atoms with Gasteiger partial charge in [-0.25, -0.2) is 4.79 Å². The number of halogens is 1. The Morgan fingerprint density at radius 2 is 1.76 bits per heavy atom. The molecule has 1 aromatic rings. The van der Waals surface area contributed by atoms with Crippen LogP contribution in [0.4, 0.5) is 0 Å². The molecular formula is C16H20ClNO3. The Kier molecular flexibility index (Phi) is 10.6. The van der Waals surface area contributed by atoms with E-state index in [2.05, 4.69) is 5.16 Å². The zero-order valence-electron chi connectivity index (χ0n) is 12.2. The van der Waals surface area contributed by atoms with Gasteiger partial charge in [0.05, 0.1) is 12.8 Å². The number of hydrogen-bond donors (Lipinski definition) is 0. The highest BCUT2D eigenvalue weighted by Gasteiger charge is 1.91. The first-order valence-electron chi connectivity index (χ1n) is 6.53. The standard InChI is InChI=1S/C16H19NO3.ClH/c1-3-19-16(18)8-6-5-7-14-9-11-15(12-10-14)13-17-20-4-2;/h5-13H,3-4H2,1-2H3;1H. The number of carbonyl (C=O) groups excluding carboxylic acids is 1. The molecule has 1 rings (SSSR count). The van der Waals surface area contributed by atoms with Gasteiger partial charge >= 0.3 is 5.97 Å². The Bertz CT molecular complexity index is 493. The molecule has 0 bridgehead atoms. The lowest BCUT2D eigenvalue weighted by molar-refractivity contribution is -0.137. The fourth-order valence-electron chi connectivity index (χ4n) is 1.36. The number of carbonyl (C=O) groups is 1. The molecule has 4 nitrogen and oxygen atoms in total. The molecule has 0 saturated carbocycles. The van der Waals surface area contributed by atoms with E-state index in [9.17, 15) is 4.79 Å². The number of oxime groups is 1. The van der Waals surface area contributed by atoms with Gasteiger partial charge in [-0.15, -0.1) is 12.4 Å². The van der Waals surface area contributed by atoms with Gasteiger partial charge in [0.2, 0.25) is 0 Å². The maximum atomic E-state index is 11.1. The van der Waals surface area contributed by atoms with Gasteiger partial charge in [0.25, 0.3) is 0 Å². The molecule has 0 atom stereocenters. The number of ether oxygens (including phenoxy) is 1. The van der Waals surface area contributed by atoms with Crippen LogP contribution in [0.2, 0.25) is 0 Å². The minimum absolute atomic E-state index is 0. The molecule has 114 valence electrons. The van der Waals surface area contributed by atoms with Gasteiger partial charge in [0, 0.05) is 6.08 Å². The van der Waals surface area contributed by atoms with Crippen molar-refractivity contribution in [1.82, 2.24) is 0 Å². The number of hydrogen-bond acceptors (Lipinski definition) is 4. The monoisotopic (exact) mass is 309 g/mol. The van der Waals surface area contributed by atoms with Crippen molar-refractivity contribution in [2.24, 2.45) is 5.16 Å². The molecule has 0 aliphatic carbocycles. The third-order valence-corrected chi connectivity index (χ3v) is 2.26. The van der Waals surface area contributed by atoms with Gasteiger partial charge in [-0.05, 0) is 25.0 Å². The van der Waals surface area contributed by atoms with Crippen molar-refractivity contribution in [1.29, 1.82) is 0 Å². The number of esters is 1. The minimum Gasteiger partial charge on any atom is -0.463 e. The van der Waals surface area contributed by atoms with E-state index < -0.39 is 0 Å². The van der Waals surface area contributed by atoms with Crippen molar-refractivity contribution in [2.45, 2.75) is 13.8 Å². The summed E-state index contributed by atoms with van der Waals surface area (Å²) in [6.45, 7) is 4.61. The summed E-state index contributed by atoms with van der Waals surface area (Å²) < 4.78 is 4.77. The van der Waals surface area contributed by atoms with Gasteiger partial charge in [-0.2, -0.15) is 0 Å². The Balaban J connectivity index is 0.00000400. The average molecular weight is 310 g/mol. The normalized spacial score (nSPS) is 11.0. The Morgan fingerprint density at radius 3 is 2.38 bits per heavy atom. The molecule has 0 saturated heterocycles. The van der Waals surface area contributed by atoms with Crippen LogP contribution in [0.5, 0.6) is 0 Å². The van der Waals surface area contributed by atoms with Crippen LogP contribution < -0.4 is 0 Å².